The van der Waals surface area contributed by atoms with E-state index in [1.54, 1.807) is 12.1 Å². The molecule has 1 aromatic carbocycles. The van der Waals surface area contributed by atoms with Crippen LogP contribution in [0.25, 0.3) is 0 Å². The second-order valence-corrected chi connectivity index (χ2v) is 9.03. The summed E-state index contributed by atoms with van der Waals surface area (Å²) in [5.41, 5.74) is 0.0232. The standard InChI is InChI=1S/C29H46O4.Na.H/c1-2-3-4-5-6-7-8-9-10-11-12-13-14-15-16-17-18-19-20-25-28(31)33-29(32)26-23-21-22-24-27(26)30;;/h9-10,21-24,30H,2-8,11-20,25H2,1H3;;/q;+1;-1/b10-9-;;. The SMILES string of the molecule is CCCCCCCC/C=C\CCCCCCCCCCCC(=O)OC(=O)c1ccccc1O.[H-].[Na+]. The third kappa shape index (κ3) is 18.3. The Morgan fingerprint density at radius 3 is 1.76 bits per heavy atom. The predicted molar refractivity (Wildman–Crippen MR) is 138 cm³/mol. The average Bonchev–Trinajstić information content (AvgIpc) is 2.80. The van der Waals surface area contributed by atoms with E-state index in [0.717, 1.165) is 19.3 Å². The fourth-order valence-electron chi connectivity index (χ4n) is 3.90. The maximum Gasteiger partial charge on any atom is 1.00 e. The molecular weight excluding hydrogens is 435 g/mol. The molecule has 0 saturated carbocycles. The van der Waals surface area contributed by atoms with E-state index in [0.29, 0.717) is 0 Å². The Morgan fingerprint density at radius 1 is 0.765 bits per heavy atom. The van der Waals surface area contributed by atoms with E-state index in [1.165, 1.54) is 102 Å². The van der Waals surface area contributed by atoms with Gasteiger partial charge in [0, 0.05) is 6.42 Å². The van der Waals surface area contributed by atoms with Crippen LogP contribution in [0.3, 0.4) is 0 Å². The minimum atomic E-state index is -0.786. The number of allylic oxidation sites excluding steroid dienone is 2. The van der Waals surface area contributed by atoms with Gasteiger partial charge in [0.05, 0.1) is 0 Å². The molecule has 1 rings (SSSR count). The zero-order valence-corrected chi connectivity index (χ0v) is 23.9. The fourth-order valence-corrected chi connectivity index (χ4v) is 3.90. The number of aromatic hydroxyl groups is 1. The summed E-state index contributed by atoms with van der Waals surface area (Å²) in [6, 6.07) is 6.08. The van der Waals surface area contributed by atoms with Gasteiger partial charge in [-0.15, -0.1) is 0 Å². The minimum Gasteiger partial charge on any atom is -1.00 e. The van der Waals surface area contributed by atoms with Crippen molar-refractivity contribution in [3.63, 3.8) is 0 Å². The molecule has 0 amide bonds. The first kappa shape index (κ1) is 32.9. The zero-order valence-electron chi connectivity index (χ0n) is 22.9. The van der Waals surface area contributed by atoms with Crippen molar-refractivity contribution in [2.75, 3.05) is 0 Å². The largest absolute Gasteiger partial charge is 1.00 e. The number of carbonyl (C=O) groups excluding carboxylic acids is 2. The Bertz CT molecular complexity index is 678. The molecule has 0 atom stereocenters. The van der Waals surface area contributed by atoms with Crippen LogP contribution < -0.4 is 29.6 Å². The number of phenols is 1. The summed E-state index contributed by atoms with van der Waals surface area (Å²) in [6.45, 7) is 2.26. The Hall–Kier alpha value is -1.10. The van der Waals surface area contributed by atoms with Gasteiger partial charge in [-0.05, 0) is 44.2 Å². The van der Waals surface area contributed by atoms with E-state index >= 15 is 0 Å². The van der Waals surface area contributed by atoms with Crippen LogP contribution in [0.1, 0.15) is 134 Å². The molecule has 5 heteroatoms. The van der Waals surface area contributed by atoms with Gasteiger partial charge in [-0.3, -0.25) is 4.79 Å². The van der Waals surface area contributed by atoms with Crippen LogP contribution in [0.2, 0.25) is 0 Å². The molecule has 0 aliphatic carbocycles. The van der Waals surface area contributed by atoms with E-state index in [1.807, 2.05) is 0 Å². The number of hydrogen-bond donors (Lipinski definition) is 1. The molecule has 188 valence electrons. The summed E-state index contributed by atoms with van der Waals surface area (Å²) in [5.74, 6) is -1.48. The van der Waals surface area contributed by atoms with Crippen LogP contribution in [-0.2, 0) is 9.53 Å². The van der Waals surface area contributed by atoms with E-state index in [-0.39, 0.29) is 48.7 Å². The zero-order chi connectivity index (χ0) is 24.0. The smallest absolute Gasteiger partial charge is 1.00 e. The second kappa shape index (κ2) is 23.6. The van der Waals surface area contributed by atoms with Crippen LogP contribution in [0.4, 0.5) is 0 Å². The van der Waals surface area contributed by atoms with Crippen LogP contribution in [0, 0.1) is 0 Å². The number of ether oxygens (including phenoxy) is 1. The summed E-state index contributed by atoms with van der Waals surface area (Å²) in [5, 5.41) is 9.62. The van der Waals surface area contributed by atoms with Crippen molar-refractivity contribution < 1.29 is 50.4 Å². The van der Waals surface area contributed by atoms with Crippen molar-refractivity contribution >= 4 is 11.9 Å². The third-order valence-corrected chi connectivity index (χ3v) is 5.97. The first-order valence-electron chi connectivity index (χ1n) is 13.3. The maximum absolute atomic E-state index is 11.9. The number of benzene rings is 1. The summed E-state index contributed by atoms with van der Waals surface area (Å²) >= 11 is 0. The van der Waals surface area contributed by atoms with Gasteiger partial charge in [-0.1, -0.05) is 108 Å². The quantitative estimate of drug-likeness (QED) is 0.0840. The van der Waals surface area contributed by atoms with E-state index in [9.17, 15) is 14.7 Å². The van der Waals surface area contributed by atoms with Crippen LogP contribution in [-0.4, -0.2) is 17.0 Å². The summed E-state index contributed by atoms with van der Waals surface area (Å²) in [7, 11) is 0. The van der Waals surface area contributed by atoms with Gasteiger partial charge in [0.15, 0.2) is 0 Å². The Labute approximate surface area is 231 Å². The van der Waals surface area contributed by atoms with Crippen LogP contribution >= 0.6 is 0 Å². The molecule has 1 aromatic rings. The predicted octanol–water partition coefficient (Wildman–Crippen LogP) is 5.79. The molecule has 0 bridgehead atoms. The molecular formula is C29H47NaO4. The number of phenolic OH excluding ortho intramolecular Hbond substituents is 1. The molecule has 4 nitrogen and oxygen atoms in total. The topological polar surface area (TPSA) is 63.6 Å². The van der Waals surface area contributed by atoms with Gasteiger partial charge in [-0.25, -0.2) is 4.79 Å². The monoisotopic (exact) mass is 482 g/mol. The van der Waals surface area contributed by atoms with Gasteiger partial charge >= 0.3 is 41.5 Å². The van der Waals surface area contributed by atoms with Crippen molar-refractivity contribution in [2.24, 2.45) is 0 Å². The molecule has 1 N–H and O–H groups in total. The number of esters is 2. The molecule has 0 saturated heterocycles. The molecule has 34 heavy (non-hydrogen) atoms. The maximum atomic E-state index is 11.9. The molecule has 0 aliphatic rings. The van der Waals surface area contributed by atoms with Gasteiger partial charge in [0.1, 0.15) is 11.3 Å². The molecule has 0 spiro atoms. The van der Waals surface area contributed by atoms with Gasteiger partial charge in [0.2, 0.25) is 0 Å². The normalized spacial score (nSPS) is 10.9. The Balaban J connectivity index is 0. The van der Waals surface area contributed by atoms with Crippen molar-refractivity contribution in [3.8, 4) is 5.75 Å². The van der Waals surface area contributed by atoms with Gasteiger partial charge < -0.3 is 11.3 Å². The third-order valence-electron chi connectivity index (χ3n) is 5.97. The van der Waals surface area contributed by atoms with Crippen molar-refractivity contribution in [3.05, 3.63) is 42.0 Å². The van der Waals surface area contributed by atoms with Gasteiger partial charge in [0.25, 0.3) is 0 Å². The first-order chi connectivity index (χ1) is 16.1. The Morgan fingerprint density at radius 2 is 1.24 bits per heavy atom. The minimum absolute atomic E-state index is 0. The van der Waals surface area contributed by atoms with Crippen molar-refractivity contribution in [2.45, 2.75) is 122 Å². The number of para-hydroxylation sites is 1. The number of unbranched alkanes of at least 4 members (excludes halogenated alkanes) is 15. The van der Waals surface area contributed by atoms with Crippen LogP contribution in [0.15, 0.2) is 36.4 Å². The second-order valence-electron chi connectivity index (χ2n) is 9.03. The summed E-state index contributed by atoms with van der Waals surface area (Å²) < 4.78 is 4.81. The first-order valence-corrected chi connectivity index (χ1v) is 13.3. The van der Waals surface area contributed by atoms with Gasteiger partial charge in [-0.2, -0.15) is 0 Å². The molecule has 0 unspecified atom stereocenters. The Kier molecular flexibility index (Phi) is 22.9. The molecule has 0 aromatic heterocycles. The van der Waals surface area contributed by atoms with E-state index < -0.39 is 11.9 Å². The number of hydrogen-bond acceptors (Lipinski definition) is 4. The number of carbonyl (C=O) groups is 2. The molecule has 0 radical (unpaired) electrons. The summed E-state index contributed by atoms with van der Waals surface area (Å²) in [6.07, 6.45) is 26.2. The summed E-state index contributed by atoms with van der Waals surface area (Å²) in [4.78, 5) is 23.7. The molecule has 0 aliphatic heterocycles. The van der Waals surface area contributed by atoms with E-state index in [2.05, 4.69) is 19.1 Å². The van der Waals surface area contributed by atoms with Crippen molar-refractivity contribution in [1.29, 1.82) is 0 Å². The molecule has 0 heterocycles. The van der Waals surface area contributed by atoms with Crippen LogP contribution in [0.5, 0.6) is 5.75 Å². The van der Waals surface area contributed by atoms with E-state index in [4.69, 9.17) is 4.74 Å². The fraction of sp³-hybridized carbons (Fsp3) is 0.655. The number of rotatable bonds is 20. The molecule has 0 fully saturated rings. The average molecular weight is 483 g/mol. The van der Waals surface area contributed by atoms with Crippen molar-refractivity contribution in [1.82, 2.24) is 0 Å².